The maximum atomic E-state index is 12.2. The number of aromatic nitrogens is 1. The molecule has 0 bridgehead atoms. The van der Waals surface area contributed by atoms with Crippen molar-refractivity contribution in [2.75, 3.05) is 11.9 Å². The molecule has 1 aromatic heterocycles. The Morgan fingerprint density at radius 1 is 1.19 bits per heavy atom. The van der Waals surface area contributed by atoms with E-state index >= 15 is 0 Å². The van der Waals surface area contributed by atoms with Gasteiger partial charge in [-0.2, -0.15) is 0 Å². The molecule has 1 heterocycles. The zero-order valence-electron chi connectivity index (χ0n) is 20.6. The van der Waals surface area contributed by atoms with E-state index in [1.54, 1.807) is 0 Å². The van der Waals surface area contributed by atoms with Gasteiger partial charge in [-0.3, -0.25) is 4.79 Å². The van der Waals surface area contributed by atoms with Crippen LogP contribution in [-0.4, -0.2) is 23.2 Å². The second kappa shape index (κ2) is 14.2. The summed E-state index contributed by atoms with van der Waals surface area (Å²) in [5, 5.41) is 6.67. The van der Waals surface area contributed by atoms with E-state index in [1.165, 1.54) is 11.3 Å². The highest BCUT2D eigenvalue weighted by Gasteiger charge is 2.19. The van der Waals surface area contributed by atoms with Crippen LogP contribution in [-0.2, 0) is 4.84 Å². The third kappa shape index (κ3) is 12.5. The minimum Gasteiger partial charge on any atom is -0.395 e. The lowest BCUT2D eigenvalue weighted by Gasteiger charge is -2.15. The largest absolute Gasteiger partial charge is 0.395 e. The molecule has 0 aliphatic rings. The molecule has 0 aliphatic carbocycles. The van der Waals surface area contributed by atoms with Gasteiger partial charge in [0.1, 0.15) is 12.3 Å². The van der Waals surface area contributed by atoms with Crippen LogP contribution >= 0.6 is 22.9 Å². The molecule has 31 heavy (non-hydrogen) atoms. The van der Waals surface area contributed by atoms with E-state index < -0.39 is 0 Å². The number of nitrogens with zero attached hydrogens (tertiary/aromatic N) is 2. The summed E-state index contributed by atoms with van der Waals surface area (Å²) in [6.07, 6.45) is 0. The molecular formula is C24H38ClN3O2S. The predicted molar refractivity (Wildman–Crippen MR) is 136 cm³/mol. The molecular weight excluding hydrogens is 430 g/mol. The number of thiazole rings is 1. The van der Waals surface area contributed by atoms with Crippen LogP contribution in [0, 0.1) is 12.3 Å². The summed E-state index contributed by atoms with van der Waals surface area (Å²) in [5.41, 5.74) is 3.50. The number of halogens is 1. The molecule has 0 fully saturated rings. The van der Waals surface area contributed by atoms with Crippen molar-refractivity contribution in [1.82, 2.24) is 4.98 Å². The van der Waals surface area contributed by atoms with Gasteiger partial charge in [0.05, 0.1) is 5.71 Å². The number of benzene rings is 1. The lowest BCUT2D eigenvalue weighted by atomic mass is 9.99. The van der Waals surface area contributed by atoms with Crippen LogP contribution in [0.2, 0.25) is 4.47 Å². The Bertz CT molecular complexity index is 818. The molecule has 1 amide bonds. The fourth-order valence-corrected chi connectivity index (χ4v) is 3.16. The fourth-order valence-electron chi connectivity index (χ4n) is 2.04. The molecule has 2 rings (SSSR count). The third-order valence-electron chi connectivity index (χ3n) is 3.42. The molecule has 174 valence electrons. The van der Waals surface area contributed by atoms with Gasteiger partial charge in [-0.15, -0.1) is 11.3 Å². The lowest BCUT2D eigenvalue weighted by molar-refractivity contribution is 0.0769. The molecule has 0 saturated heterocycles. The van der Waals surface area contributed by atoms with E-state index in [1.807, 2.05) is 72.7 Å². The summed E-state index contributed by atoms with van der Waals surface area (Å²) in [7, 11) is 0. The van der Waals surface area contributed by atoms with Gasteiger partial charge in [0.2, 0.25) is 0 Å². The van der Waals surface area contributed by atoms with Crippen LogP contribution in [0.25, 0.3) is 0 Å². The van der Waals surface area contributed by atoms with Crippen molar-refractivity contribution in [3.63, 3.8) is 0 Å². The highest BCUT2D eigenvalue weighted by molar-refractivity contribution is 7.16. The van der Waals surface area contributed by atoms with Gasteiger partial charge >= 0.3 is 0 Å². The minimum atomic E-state index is -0.212. The van der Waals surface area contributed by atoms with Crippen LogP contribution in [0.4, 0.5) is 5.69 Å². The van der Waals surface area contributed by atoms with E-state index in [9.17, 15) is 4.79 Å². The summed E-state index contributed by atoms with van der Waals surface area (Å²) >= 11 is 7.26. The number of anilines is 1. The van der Waals surface area contributed by atoms with Gasteiger partial charge in [-0.25, -0.2) is 4.98 Å². The van der Waals surface area contributed by atoms with Crippen LogP contribution < -0.4 is 5.32 Å². The first-order valence-electron chi connectivity index (χ1n) is 10.6. The Morgan fingerprint density at radius 2 is 1.74 bits per heavy atom. The third-order valence-corrected chi connectivity index (χ3v) is 4.88. The van der Waals surface area contributed by atoms with E-state index in [-0.39, 0.29) is 17.2 Å². The van der Waals surface area contributed by atoms with Crippen LogP contribution in [0.5, 0.6) is 0 Å². The molecule has 0 spiro atoms. The van der Waals surface area contributed by atoms with Crippen molar-refractivity contribution in [2.24, 2.45) is 10.6 Å². The van der Waals surface area contributed by atoms with Crippen molar-refractivity contribution in [3.8, 4) is 0 Å². The molecule has 0 saturated carbocycles. The smallest absolute Gasteiger partial charge is 0.275 e. The standard InChI is InChI=1S/C14H15ClN2OS.C8H17NO.C2H6/c1-8(2)12-11(17-14(15)19-12)13(18)16-10-6-4-9(3)5-7-10;1-7(2)9-10-6-8(3,4)5;1-2/h4-8H,1-3H3,(H,16,18);6H2,1-5H3;1-2H3. The second-order valence-corrected chi connectivity index (χ2v) is 10.1. The van der Waals surface area contributed by atoms with Crippen molar-refractivity contribution in [2.45, 2.75) is 75.2 Å². The number of oxime groups is 1. The summed E-state index contributed by atoms with van der Waals surface area (Å²) in [6.45, 7) is 20.9. The number of carbonyl (C=O) groups is 1. The summed E-state index contributed by atoms with van der Waals surface area (Å²) < 4.78 is 0.401. The van der Waals surface area contributed by atoms with Crippen LogP contribution in [0.3, 0.4) is 0 Å². The Hall–Kier alpha value is -1.92. The molecule has 1 aromatic carbocycles. The fraction of sp³-hybridized carbons (Fsp3) is 0.542. The first kappa shape index (κ1) is 29.1. The van der Waals surface area contributed by atoms with Gasteiger partial charge in [-0.1, -0.05) is 82.9 Å². The molecule has 5 nitrogen and oxygen atoms in total. The molecule has 2 aromatic rings. The van der Waals surface area contributed by atoms with Crippen molar-refractivity contribution >= 4 is 40.2 Å². The minimum absolute atomic E-state index is 0.207. The first-order chi connectivity index (χ1) is 14.4. The highest BCUT2D eigenvalue weighted by atomic mass is 35.5. The Balaban J connectivity index is 0.000000639. The Kier molecular flexibility index (Phi) is 13.3. The monoisotopic (exact) mass is 467 g/mol. The first-order valence-corrected chi connectivity index (χ1v) is 11.8. The normalized spacial score (nSPS) is 10.3. The number of carbonyl (C=O) groups excluding carboxylic acids is 1. The highest BCUT2D eigenvalue weighted by Crippen LogP contribution is 2.30. The van der Waals surface area contributed by atoms with Crippen LogP contribution in [0.1, 0.15) is 89.2 Å². The van der Waals surface area contributed by atoms with Gasteiger partial charge in [-0.05, 0) is 44.2 Å². The van der Waals surface area contributed by atoms with E-state index in [2.05, 4.69) is 36.2 Å². The van der Waals surface area contributed by atoms with Gasteiger partial charge in [0, 0.05) is 10.6 Å². The van der Waals surface area contributed by atoms with E-state index in [0.29, 0.717) is 16.8 Å². The molecule has 0 aliphatic heterocycles. The number of nitrogens with one attached hydrogen (secondary N) is 1. The van der Waals surface area contributed by atoms with Crippen molar-refractivity contribution < 1.29 is 9.63 Å². The maximum absolute atomic E-state index is 12.2. The van der Waals surface area contributed by atoms with Gasteiger partial charge in [0.25, 0.3) is 5.91 Å². The number of rotatable bonds is 5. The van der Waals surface area contributed by atoms with Crippen molar-refractivity contribution in [1.29, 1.82) is 0 Å². The lowest BCUT2D eigenvalue weighted by Crippen LogP contribution is -2.14. The van der Waals surface area contributed by atoms with Gasteiger partial charge < -0.3 is 10.2 Å². The van der Waals surface area contributed by atoms with Gasteiger partial charge in [0.15, 0.2) is 4.47 Å². The number of hydrogen-bond acceptors (Lipinski definition) is 5. The zero-order valence-corrected chi connectivity index (χ0v) is 22.2. The Morgan fingerprint density at radius 3 is 2.19 bits per heavy atom. The summed E-state index contributed by atoms with van der Waals surface area (Å²) in [4.78, 5) is 22.3. The number of amides is 1. The average molecular weight is 468 g/mol. The molecule has 7 heteroatoms. The van der Waals surface area contributed by atoms with E-state index in [0.717, 1.165) is 21.8 Å². The quantitative estimate of drug-likeness (QED) is 0.358. The molecule has 0 radical (unpaired) electrons. The SMILES string of the molecule is CC.CC(C)=NOCC(C)(C)C.Cc1ccc(NC(=O)c2nc(Cl)sc2C(C)C)cc1. The number of aryl methyl sites for hydroxylation is 1. The molecule has 0 unspecified atom stereocenters. The van der Waals surface area contributed by atoms with E-state index in [4.69, 9.17) is 16.4 Å². The average Bonchev–Trinajstić information content (AvgIpc) is 3.07. The Labute approximate surface area is 197 Å². The maximum Gasteiger partial charge on any atom is 0.275 e. The summed E-state index contributed by atoms with van der Waals surface area (Å²) in [5.74, 6) is 0.0134. The molecule has 0 atom stereocenters. The zero-order chi connectivity index (χ0) is 24.2. The second-order valence-electron chi connectivity index (χ2n) is 8.53. The summed E-state index contributed by atoms with van der Waals surface area (Å²) in [6, 6.07) is 7.65. The number of hydrogen-bond donors (Lipinski definition) is 1. The predicted octanol–water partition coefficient (Wildman–Crippen LogP) is 7.95. The molecule has 1 N–H and O–H groups in total. The topological polar surface area (TPSA) is 63.6 Å². The van der Waals surface area contributed by atoms with Crippen LogP contribution in [0.15, 0.2) is 29.4 Å². The van der Waals surface area contributed by atoms with Crippen molar-refractivity contribution in [3.05, 3.63) is 44.9 Å².